The molecule has 88 valence electrons. The molecule has 0 radical (unpaired) electrons. The van der Waals surface area contributed by atoms with Crippen molar-refractivity contribution in [3.05, 3.63) is 35.9 Å². The van der Waals surface area contributed by atoms with Gasteiger partial charge in [0.2, 0.25) is 0 Å². The van der Waals surface area contributed by atoms with Crippen molar-refractivity contribution in [2.75, 3.05) is 5.88 Å². The van der Waals surface area contributed by atoms with E-state index in [2.05, 4.69) is 0 Å². The Kier molecular flexibility index (Phi) is 3.42. The van der Waals surface area contributed by atoms with Gasteiger partial charge in [-0.15, -0.1) is 34.8 Å². The van der Waals surface area contributed by atoms with Gasteiger partial charge >= 0.3 is 0 Å². The van der Waals surface area contributed by atoms with Gasteiger partial charge in [0.05, 0.1) is 16.1 Å². The molecule has 2 atom stereocenters. The summed E-state index contributed by atoms with van der Waals surface area (Å²) < 4.78 is 0. The summed E-state index contributed by atoms with van der Waals surface area (Å²) in [5.41, 5.74) is -0.404. The zero-order valence-electron chi connectivity index (χ0n) is 8.67. The van der Waals surface area contributed by atoms with Gasteiger partial charge in [-0.3, -0.25) is 0 Å². The summed E-state index contributed by atoms with van der Waals surface area (Å²) in [7, 11) is 0. The molecule has 2 rings (SSSR count). The molecular formula is C12H13Cl3O. The number of hydrogen-bond acceptors (Lipinski definition) is 1. The lowest BCUT2D eigenvalue weighted by Crippen LogP contribution is -2.46. The SMILES string of the molecule is OC(CCl)(C(Cl)c1ccccc1)C1(Cl)CC1. The van der Waals surface area contributed by atoms with Crippen molar-refractivity contribution in [1.82, 2.24) is 0 Å². The number of alkyl halides is 3. The minimum absolute atomic E-state index is 0.0412. The second kappa shape index (κ2) is 4.38. The minimum Gasteiger partial charge on any atom is -0.385 e. The zero-order chi connectivity index (χ0) is 11.8. The van der Waals surface area contributed by atoms with Gasteiger partial charge in [-0.2, -0.15) is 0 Å². The van der Waals surface area contributed by atoms with Crippen molar-refractivity contribution in [3.8, 4) is 0 Å². The second-order valence-corrected chi connectivity index (χ2v) is 5.72. The van der Waals surface area contributed by atoms with Crippen molar-refractivity contribution in [3.63, 3.8) is 0 Å². The van der Waals surface area contributed by atoms with Crippen molar-refractivity contribution in [2.45, 2.75) is 28.7 Å². The molecule has 1 aromatic carbocycles. The van der Waals surface area contributed by atoms with E-state index in [-0.39, 0.29) is 5.88 Å². The van der Waals surface area contributed by atoms with E-state index in [4.69, 9.17) is 34.8 Å². The van der Waals surface area contributed by atoms with Crippen molar-refractivity contribution in [1.29, 1.82) is 0 Å². The Morgan fingerprint density at radius 1 is 1.31 bits per heavy atom. The van der Waals surface area contributed by atoms with Gasteiger partial charge < -0.3 is 5.11 Å². The quantitative estimate of drug-likeness (QED) is 0.833. The van der Waals surface area contributed by atoms with Crippen LogP contribution in [0.15, 0.2) is 30.3 Å². The summed E-state index contributed by atoms with van der Waals surface area (Å²) >= 11 is 18.5. The third-order valence-electron chi connectivity index (χ3n) is 3.18. The molecule has 1 nitrogen and oxygen atoms in total. The number of hydrogen-bond donors (Lipinski definition) is 1. The first-order valence-corrected chi connectivity index (χ1v) is 6.55. The third kappa shape index (κ3) is 1.95. The molecular weight excluding hydrogens is 266 g/mol. The molecule has 0 aliphatic heterocycles. The number of halogens is 3. The number of rotatable bonds is 4. The van der Waals surface area contributed by atoms with Crippen LogP contribution in [0.4, 0.5) is 0 Å². The Morgan fingerprint density at radius 3 is 2.31 bits per heavy atom. The highest BCUT2D eigenvalue weighted by molar-refractivity contribution is 6.30. The Morgan fingerprint density at radius 2 is 1.88 bits per heavy atom. The van der Waals surface area contributed by atoms with Gasteiger partial charge in [-0.1, -0.05) is 30.3 Å². The summed E-state index contributed by atoms with van der Waals surface area (Å²) in [4.78, 5) is -0.656. The van der Waals surface area contributed by atoms with E-state index in [1.54, 1.807) is 0 Å². The maximum atomic E-state index is 10.5. The highest BCUT2D eigenvalue weighted by atomic mass is 35.5. The fourth-order valence-electron chi connectivity index (χ4n) is 1.85. The maximum absolute atomic E-state index is 10.5. The summed E-state index contributed by atoms with van der Waals surface area (Å²) in [6.45, 7) is 0. The minimum atomic E-state index is -1.25. The normalized spacial score (nSPS) is 23.5. The van der Waals surface area contributed by atoms with Gasteiger partial charge in [-0.05, 0) is 18.4 Å². The van der Waals surface area contributed by atoms with E-state index >= 15 is 0 Å². The maximum Gasteiger partial charge on any atom is 0.118 e. The number of benzene rings is 1. The molecule has 2 unspecified atom stereocenters. The Bertz CT molecular complexity index is 364. The second-order valence-electron chi connectivity index (χ2n) is 4.30. The predicted molar refractivity (Wildman–Crippen MR) is 68.5 cm³/mol. The van der Waals surface area contributed by atoms with Crippen LogP contribution in [0.3, 0.4) is 0 Å². The smallest absolute Gasteiger partial charge is 0.118 e. The van der Waals surface area contributed by atoms with Crippen LogP contribution in [0.2, 0.25) is 0 Å². The third-order valence-corrected chi connectivity index (χ3v) is 4.91. The first-order chi connectivity index (χ1) is 7.53. The van der Waals surface area contributed by atoms with Gasteiger partial charge in [0.1, 0.15) is 5.60 Å². The van der Waals surface area contributed by atoms with Crippen LogP contribution in [-0.2, 0) is 0 Å². The lowest BCUT2D eigenvalue weighted by atomic mass is 9.90. The highest BCUT2D eigenvalue weighted by Gasteiger charge is 2.60. The molecule has 1 saturated carbocycles. The van der Waals surface area contributed by atoms with Gasteiger partial charge in [0.15, 0.2) is 0 Å². The van der Waals surface area contributed by atoms with E-state index < -0.39 is 15.9 Å². The molecule has 0 bridgehead atoms. The van der Waals surface area contributed by atoms with Gasteiger partial charge in [0.25, 0.3) is 0 Å². The highest BCUT2D eigenvalue weighted by Crippen LogP contribution is 2.57. The molecule has 4 heteroatoms. The molecule has 0 spiro atoms. The van der Waals surface area contributed by atoms with Crippen LogP contribution in [0.25, 0.3) is 0 Å². The Hall–Kier alpha value is 0.0500. The summed E-state index contributed by atoms with van der Waals surface area (Å²) in [6, 6.07) is 9.41. The predicted octanol–water partition coefficient (Wildman–Crippen LogP) is 3.71. The fourth-order valence-corrected chi connectivity index (χ4v) is 3.17. The van der Waals surface area contributed by atoms with Crippen molar-refractivity contribution < 1.29 is 5.11 Å². The van der Waals surface area contributed by atoms with Crippen LogP contribution in [-0.4, -0.2) is 21.5 Å². The van der Waals surface area contributed by atoms with E-state index in [9.17, 15) is 5.11 Å². The summed E-state index contributed by atoms with van der Waals surface area (Å²) in [6.07, 6.45) is 1.52. The Balaban J connectivity index is 2.29. The first-order valence-electron chi connectivity index (χ1n) is 5.20. The molecule has 0 saturated heterocycles. The topological polar surface area (TPSA) is 20.2 Å². The van der Waals surface area contributed by atoms with Crippen molar-refractivity contribution >= 4 is 34.8 Å². The van der Waals surface area contributed by atoms with Gasteiger partial charge in [-0.25, -0.2) is 0 Å². The molecule has 0 aromatic heterocycles. The van der Waals surface area contributed by atoms with Gasteiger partial charge in [0, 0.05) is 0 Å². The van der Waals surface area contributed by atoms with E-state index in [0.29, 0.717) is 0 Å². The molecule has 0 heterocycles. The lowest BCUT2D eigenvalue weighted by Gasteiger charge is -2.35. The van der Waals surface area contributed by atoms with Crippen LogP contribution in [0, 0.1) is 0 Å². The molecule has 1 N–H and O–H groups in total. The molecule has 0 amide bonds. The average molecular weight is 280 g/mol. The lowest BCUT2D eigenvalue weighted by molar-refractivity contribution is 0.0460. The van der Waals surface area contributed by atoms with E-state index in [1.165, 1.54) is 0 Å². The molecule has 1 aromatic rings. The molecule has 16 heavy (non-hydrogen) atoms. The zero-order valence-corrected chi connectivity index (χ0v) is 10.9. The van der Waals surface area contributed by atoms with E-state index in [1.807, 2.05) is 30.3 Å². The average Bonchev–Trinajstić information content (AvgIpc) is 3.08. The van der Waals surface area contributed by atoms with Crippen LogP contribution in [0.1, 0.15) is 23.8 Å². The van der Waals surface area contributed by atoms with Crippen LogP contribution < -0.4 is 0 Å². The monoisotopic (exact) mass is 278 g/mol. The van der Waals surface area contributed by atoms with Crippen LogP contribution in [0.5, 0.6) is 0 Å². The largest absolute Gasteiger partial charge is 0.385 e. The summed E-state index contributed by atoms with van der Waals surface area (Å²) in [5, 5.41) is 9.97. The fraction of sp³-hybridized carbons (Fsp3) is 0.500. The molecule has 1 aliphatic rings. The number of aliphatic hydroxyl groups is 1. The van der Waals surface area contributed by atoms with Crippen molar-refractivity contribution in [2.24, 2.45) is 0 Å². The Labute approximate surface area is 110 Å². The van der Waals surface area contributed by atoms with E-state index in [0.717, 1.165) is 18.4 Å². The molecule has 1 aliphatic carbocycles. The van der Waals surface area contributed by atoms with Crippen LogP contribution >= 0.6 is 34.8 Å². The molecule has 1 fully saturated rings. The summed E-state index contributed by atoms with van der Waals surface area (Å²) in [5.74, 6) is 0.0412. The standard InChI is InChI=1S/C12H13Cl3O/c13-8-12(16,11(15)6-7-11)10(14)9-4-2-1-3-5-9/h1-5,10,16H,6-8H2. The first kappa shape index (κ1) is 12.5.